The summed E-state index contributed by atoms with van der Waals surface area (Å²) in [5.41, 5.74) is 0.171. The topological polar surface area (TPSA) is 77.8 Å². The van der Waals surface area contributed by atoms with Crippen molar-refractivity contribution >= 4 is 11.9 Å². The average Bonchev–Trinajstić information content (AvgIpc) is 2.63. The van der Waals surface area contributed by atoms with Crippen molar-refractivity contribution in [2.45, 2.75) is 32.8 Å². The van der Waals surface area contributed by atoms with Gasteiger partial charge in [-0.05, 0) is 32.5 Å². The highest BCUT2D eigenvalue weighted by atomic mass is 16.4. The van der Waals surface area contributed by atoms with Crippen molar-refractivity contribution in [3.63, 3.8) is 0 Å². The third-order valence-corrected chi connectivity index (χ3v) is 2.16. The van der Waals surface area contributed by atoms with E-state index < -0.39 is 12.1 Å². The molecule has 1 amide bonds. The van der Waals surface area contributed by atoms with Crippen molar-refractivity contribution in [2.24, 2.45) is 0 Å². The lowest BCUT2D eigenvalue weighted by Gasteiger charge is -2.05. The van der Waals surface area contributed by atoms with Gasteiger partial charge >= 0.3 is 5.97 Å². The number of carbonyl (C=O) groups is 2. The van der Waals surface area contributed by atoms with E-state index in [4.69, 9.17) is 10.2 Å². The van der Waals surface area contributed by atoms with E-state index in [0.717, 1.165) is 13.0 Å². The third-order valence-electron chi connectivity index (χ3n) is 2.16. The molecule has 17 heavy (non-hydrogen) atoms. The molecular formula is C12H19NO4. The second-order valence-electron chi connectivity index (χ2n) is 3.77. The Morgan fingerprint density at radius 3 is 2.35 bits per heavy atom. The maximum atomic E-state index is 10.7. The van der Waals surface area contributed by atoms with Crippen LogP contribution in [0.25, 0.3) is 0 Å². The molecule has 2 N–H and O–H groups in total. The molecule has 0 radical (unpaired) electrons. The van der Waals surface area contributed by atoms with Crippen molar-refractivity contribution in [1.82, 2.24) is 4.90 Å². The van der Waals surface area contributed by atoms with Gasteiger partial charge in [0, 0.05) is 18.5 Å². The van der Waals surface area contributed by atoms with Crippen LogP contribution < -0.4 is 0 Å². The molecule has 0 spiro atoms. The number of hydrogen-bond acceptors (Lipinski definition) is 3. The fraction of sp³-hybridized carbons (Fsp3) is 0.500. The molecule has 1 unspecified atom stereocenters. The van der Waals surface area contributed by atoms with Crippen LogP contribution in [0.1, 0.15) is 26.7 Å². The van der Waals surface area contributed by atoms with Gasteiger partial charge in [-0.25, -0.2) is 4.79 Å². The molecule has 0 aromatic rings. The molecule has 1 rings (SSSR count). The van der Waals surface area contributed by atoms with Crippen LogP contribution in [0.15, 0.2) is 24.4 Å². The predicted molar refractivity (Wildman–Crippen MR) is 64.2 cm³/mol. The van der Waals surface area contributed by atoms with Crippen molar-refractivity contribution in [3.8, 4) is 0 Å². The highest BCUT2D eigenvalue weighted by molar-refractivity contribution is 5.85. The van der Waals surface area contributed by atoms with Crippen molar-refractivity contribution < 1.29 is 19.8 Å². The first-order valence-corrected chi connectivity index (χ1v) is 5.40. The molecule has 1 saturated heterocycles. The van der Waals surface area contributed by atoms with Crippen molar-refractivity contribution in [1.29, 1.82) is 0 Å². The van der Waals surface area contributed by atoms with Crippen molar-refractivity contribution in [2.75, 3.05) is 6.54 Å². The molecular weight excluding hydrogens is 222 g/mol. The normalized spacial score (nSPS) is 17.2. The molecule has 0 aliphatic carbocycles. The number of aliphatic hydroxyl groups is 1. The minimum Gasteiger partial charge on any atom is -0.478 e. The highest BCUT2D eigenvalue weighted by Crippen LogP contribution is 2.08. The quantitative estimate of drug-likeness (QED) is 0.726. The van der Waals surface area contributed by atoms with E-state index >= 15 is 0 Å². The molecule has 1 fully saturated rings. The first-order valence-electron chi connectivity index (χ1n) is 5.40. The monoisotopic (exact) mass is 241 g/mol. The Morgan fingerprint density at radius 1 is 1.59 bits per heavy atom. The summed E-state index contributed by atoms with van der Waals surface area (Å²) >= 11 is 0. The fourth-order valence-electron chi connectivity index (χ4n) is 1.30. The summed E-state index contributed by atoms with van der Waals surface area (Å²) in [6, 6.07) is 0. The number of amides is 1. The molecule has 0 aromatic carbocycles. The minimum absolute atomic E-state index is 0.171. The average molecular weight is 241 g/mol. The van der Waals surface area contributed by atoms with Crippen LogP contribution in [0.2, 0.25) is 0 Å². The summed E-state index contributed by atoms with van der Waals surface area (Å²) in [5.74, 6) is -0.782. The largest absolute Gasteiger partial charge is 0.478 e. The van der Waals surface area contributed by atoms with Gasteiger partial charge in [0.1, 0.15) is 0 Å². The Morgan fingerprint density at radius 2 is 2.18 bits per heavy atom. The van der Waals surface area contributed by atoms with E-state index in [2.05, 4.69) is 6.58 Å². The van der Waals surface area contributed by atoms with E-state index in [9.17, 15) is 9.59 Å². The van der Waals surface area contributed by atoms with E-state index in [1.165, 1.54) is 19.9 Å². The number of carbonyl (C=O) groups excluding carboxylic acids is 1. The Kier molecular flexibility index (Phi) is 6.89. The maximum Gasteiger partial charge on any atom is 0.331 e. The molecule has 1 atom stereocenters. The van der Waals surface area contributed by atoms with E-state index in [1.54, 1.807) is 11.1 Å². The number of rotatable bonds is 3. The van der Waals surface area contributed by atoms with Crippen LogP contribution in [0.5, 0.6) is 0 Å². The smallest absolute Gasteiger partial charge is 0.331 e. The van der Waals surface area contributed by atoms with Crippen LogP contribution in [-0.4, -0.2) is 39.6 Å². The Bertz CT molecular complexity index is 320. The van der Waals surface area contributed by atoms with Crippen molar-refractivity contribution in [3.05, 3.63) is 24.4 Å². The predicted octanol–water partition coefficient (Wildman–Crippen LogP) is 1.15. The number of aliphatic carboxylic acids is 1. The molecule has 0 saturated carbocycles. The van der Waals surface area contributed by atoms with Gasteiger partial charge in [0.05, 0.1) is 6.10 Å². The Balaban J connectivity index is 0.000000302. The van der Waals surface area contributed by atoms with Gasteiger partial charge < -0.3 is 15.1 Å². The first-order chi connectivity index (χ1) is 7.88. The maximum absolute atomic E-state index is 10.7. The van der Waals surface area contributed by atoms with Gasteiger partial charge in [-0.2, -0.15) is 0 Å². The molecule has 5 nitrogen and oxygen atoms in total. The summed E-state index contributed by atoms with van der Waals surface area (Å²) in [5, 5.41) is 16.9. The lowest BCUT2D eigenvalue weighted by molar-refractivity contribution is -0.132. The summed E-state index contributed by atoms with van der Waals surface area (Å²) < 4.78 is 0. The van der Waals surface area contributed by atoms with Gasteiger partial charge in [0.15, 0.2) is 0 Å². The molecule has 96 valence electrons. The van der Waals surface area contributed by atoms with E-state index in [0.29, 0.717) is 6.42 Å². The third kappa shape index (κ3) is 6.52. The zero-order valence-corrected chi connectivity index (χ0v) is 10.2. The minimum atomic E-state index is -0.990. The number of likely N-dealkylation sites (tertiary alicyclic amines) is 1. The van der Waals surface area contributed by atoms with E-state index in [-0.39, 0.29) is 11.5 Å². The molecule has 1 aliphatic rings. The summed E-state index contributed by atoms with van der Waals surface area (Å²) in [7, 11) is 0. The van der Waals surface area contributed by atoms with Crippen LogP contribution in [-0.2, 0) is 9.59 Å². The number of aliphatic hydroxyl groups excluding tert-OH is 1. The molecule has 5 heteroatoms. The summed E-state index contributed by atoms with van der Waals surface area (Å²) in [4.78, 5) is 22.4. The summed E-state index contributed by atoms with van der Waals surface area (Å²) in [6.45, 7) is 7.31. The number of nitrogens with zero attached hydrogens (tertiary/aromatic N) is 1. The van der Waals surface area contributed by atoms with Gasteiger partial charge in [0.2, 0.25) is 5.91 Å². The molecule has 0 aromatic heterocycles. The fourth-order valence-corrected chi connectivity index (χ4v) is 1.30. The lowest BCUT2D eigenvalue weighted by Crippen LogP contribution is -2.16. The molecule has 1 heterocycles. The zero-order valence-electron chi connectivity index (χ0n) is 10.2. The van der Waals surface area contributed by atoms with Gasteiger partial charge in [0.25, 0.3) is 0 Å². The molecule has 1 aliphatic heterocycles. The Hall–Kier alpha value is -1.62. The zero-order chi connectivity index (χ0) is 13.4. The second kappa shape index (κ2) is 7.62. The van der Waals surface area contributed by atoms with Crippen LogP contribution >= 0.6 is 0 Å². The Labute approximate surface area is 101 Å². The van der Waals surface area contributed by atoms with Gasteiger partial charge in [-0.3, -0.25) is 4.79 Å². The first kappa shape index (κ1) is 15.4. The van der Waals surface area contributed by atoms with Gasteiger partial charge in [-0.15, -0.1) is 0 Å². The van der Waals surface area contributed by atoms with E-state index in [1.807, 2.05) is 0 Å². The lowest BCUT2D eigenvalue weighted by atomic mass is 10.2. The SMILES string of the molecule is C=CN1CCCC1=O.CC(=CC(C)O)C(=O)O. The highest BCUT2D eigenvalue weighted by Gasteiger charge is 2.15. The van der Waals surface area contributed by atoms with Crippen LogP contribution in [0.3, 0.4) is 0 Å². The van der Waals surface area contributed by atoms with Crippen LogP contribution in [0, 0.1) is 0 Å². The summed E-state index contributed by atoms with van der Waals surface area (Å²) in [6.07, 6.45) is 3.88. The second-order valence-corrected chi connectivity index (χ2v) is 3.77. The van der Waals surface area contributed by atoms with Crippen LogP contribution in [0.4, 0.5) is 0 Å². The number of carboxylic acid groups (broad SMARTS) is 1. The number of carboxylic acids is 1. The molecule has 0 bridgehead atoms. The van der Waals surface area contributed by atoms with Gasteiger partial charge in [-0.1, -0.05) is 6.58 Å². The standard InChI is InChI=1S/C6H9NO.C6H10O3/c1-2-7-5-3-4-6(7)8;1-4(6(8)9)3-5(2)7/h2H,1,3-5H2;3,5,7H,1-2H3,(H,8,9). The number of hydrogen-bond donors (Lipinski definition) is 2.